The molecule has 3 N–H and O–H groups in total. The van der Waals surface area contributed by atoms with Gasteiger partial charge in [0.15, 0.2) is 17.5 Å². The Balaban J connectivity index is 1.63. The summed E-state index contributed by atoms with van der Waals surface area (Å²) in [5.41, 5.74) is -0.955. The lowest BCUT2D eigenvalue weighted by Crippen LogP contribution is -2.55. The fourth-order valence-electron chi connectivity index (χ4n) is 3.21. The third-order valence-electron chi connectivity index (χ3n) is 4.72. The molecule has 0 spiro atoms. The summed E-state index contributed by atoms with van der Waals surface area (Å²) in [5, 5.41) is 41.0. The number of hydrogen-bond donors (Lipinski definition) is 3. The minimum atomic E-state index is -1.61. The van der Waals surface area contributed by atoms with Crippen molar-refractivity contribution in [1.29, 1.82) is 0 Å². The molecule has 1 aliphatic heterocycles. The number of thioether (sulfide) groups is 1. The van der Waals surface area contributed by atoms with E-state index in [2.05, 4.69) is 10.3 Å². The topological polar surface area (TPSA) is 101 Å². The van der Waals surface area contributed by atoms with Gasteiger partial charge in [-0.3, -0.25) is 0 Å². The standard InChI is InChI=1S/C18H15ClF3N3O4S2/c19-8-3-13(30-6-8)31-18-17(28)15(16(27)12(5-26)29-18)25-4-11(23-24-25)7-1-9(20)14(22)10(21)2-7/h1-4,6,12,15-18,26-28H,5H2/t12?,15?,16-,17?,18+/m0/s1. The van der Waals surface area contributed by atoms with Crippen LogP contribution in [0.25, 0.3) is 11.3 Å². The van der Waals surface area contributed by atoms with E-state index in [4.69, 9.17) is 16.3 Å². The predicted molar refractivity (Wildman–Crippen MR) is 107 cm³/mol. The maximum atomic E-state index is 13.6. The van der Waals surface area contributed by atoms with Crippen molar-refractivity contribution >= 4 is 34.7 Å². The number of ether oxygens (including phenoxy) is 1. The fraction of sp³-hybridized carbons (Fsp3) is 0.333. The predicted octanol–water partition coefficient (Wildman–Crippen LogP) is 2.85. The van der Waals surface area contributed by atoms with E-state index in [1.807, 2.05) is 0 Å². The molecule has 0 amide bonds. The number of rotatable bonds is 5. The Hall–Kier alpha value is -1.67. The van der Waals surface area contributed by atoms with Crippen molar-refractivity contribution in [3.05, 3.63) is 52.3 Å². The molecule has 3 aromatic rings. The lowest BCUT2D eigenvalue weighted by Gasteiger charge is -2.41. The molecule has 1 aliphatic rings. The molecule has 1 fully saturated rings. The summed E-state index contributed by atoms with van der Waals surface area (Å²) in [7, 11) is 0. The van der Waals surface area contributed by atoms with Crippen LogP contribution in [0.2, 0.25) is 5.02 Å². The summed E-state index contributed by atoms with van der Waals surface area (Å²) in [4.78, 5) is 0. The van der Waals surface area contributed by atoms with Crippen LogP contribution in [0.15, 0.2) is 34.0 Å². The van der Waals surface area contributed by atoms with Gasteiger partial charge in [-0.15, -0.1) is 16.4 Å². The maximum Gasteiger partial charge on any atom is 0.194 e. The van der Waals surface area contributed by atoms with Crippen LogP contribution in [0.1, 0.15) is 6.04 Å². The number of aliphatic hydroxyl groups excluding tert-OH is 3. The molecular weight excluding hydrogens is 479 g/mol. The average Bonchev–Trinajstić information content (AvgIpc) is 3.37. The number of aliphatic hydroxyl groups is 3. The highest BCUT2D eigenvalue weighted by atomic mass is 35.5. The van der Waals surface area contributed by atoms with Crippen LogP contribution in [-0.4, -0.2) is 60.7 Å². The van der Waals surface area contributed by atoms with Crippen molar-refractivity contribution in [2.45, 2.75) is 34.0 Å². The second-order valence-corrected chi connectivity index (χ2v) is 9.48. The molecule has 166 valence electrons. The van der Waals surface area contributed by atoms with Crippen LogP contribution < -0.4 is 0 Å². The van der Waals surface area contributed by atoms with Crippen molar-refractivity contribution in [1.82, 2.24) is 15.0 Å². The maximum absolute atomic E-state index is 13.6. The van der Waals surface area contributed by atoms with E-state index >= 15 is 0 Å². The van der Waals surface area contributed by atoms with Crippen molar-refractivity contribution in [2.24, 2.45) is 0 Å². The molecule has 0 bridgehead atoms. The van der Waals surface area contributed by atoms with E-state index < -0.39 is 53.8 Å². The molecule has 2 aromatic heterocycles. The summed E-state index contributed by atoms with van der Waals surface area (Å²) in [6.45, 7) is -0.525. The first kappa shape index (κ1) is 22.5. The monoisotopic (exact) mass is 493 g/mol. The van der Waals surface area contributed by atoms with Gasteiger partial charge in [-0.25, -0.2) is 17.9 Å². The van der Waals surface area contributed by atoms with Crippen LogP contribution >= 0.6 is 34.7 Å². The molecule has 5 atom stereocenters. The third-order valence-corrected chi connectivity index (χ3v) is 7.34. The Morgan fingerprint density at radius 2 is 1.87 bits per heavy atom. The van der Waals surface area contributed by atoms with Gasteiger partial charge in [-0.05, 0) is 18.2 Å². The summed E-state index contributed by atoms with van der Waals surface area (Å²) in [5.74, 6) is -4.38. The van der Waals surface area contributed by atoms with E-state index in [-0.39, 0.29) is 11.3 Å². The van der Waals surface area contributed by atoms with Crippen LogP contribution in [-0.2, 0) is 4.74 Å². The molecule has 3 unspecified atom stereocenters. The molecule has 31 heavy (non-hydrogen) atoms. The van der Waals surface area contributed by atoms with Crippen molar-refractivity contribution in [2.75, 3.05) is 6.61 Å². The number of benzene rings is 1. The highest BCUT2D eigenvalue weighted by molar-refractivity contribution is 8.01. The van der Waals surface area contributed by atoms with Crippen molar-refractivity contribution in [3.63, 3.8) is 0 Å². The van der Waals surface area contributed by atoms with Crippen LogP contribution in [0.3, 0.4) is 0 Å². The summed E-state index contributed by atoms with van der Waals surface area (Å²) >= 11 is 8.42. The van der Waals surface area contributed by atoms with Gasteiger partial charge in [0.05, 0.1) is 22.0 Å². The van der Waals surface area contributed by atoms with Crippen LogP contribution in [0.4, 0.5) is 13.2 Å². The van der Waals surface area contributed by atoms with Gasteiger partial charge in [0.2, 0.25) is 0 Å². The lowest BCUT2D eigenvalue weighted by molar-refractivity contribution is -0.178. The largest absolute Gasteiger partial charge is 0.394 e. The number of halogens is 4. The molecule has 0 aliphatic carbocycles. The van der Waals surface area contributed by atoms with Gasteiger partial charge in [-0.1, -0.05) is 28.6 Å². The van der Waals surface area contributed by atoms with E-state index in [0.717, 1.165) is 32.8 Å². The molecule has 0 radical (unpaired) electrons. The average molecular weight is 494 g/mol. The number of hydrogen-bond acceptors (Lipinski definition) is 8. The SMILES string of the molecule is OCC1O[C@H](Sc2cc(Cl)cs2)C(O)C(n2cc(-c3cc(F)c(F)c(F)c3)nn2)[C@H]1O. The Morgan fingerprint density at radius 1 is 1.16 bits per heavy atom. The lowest BCUT2D eigenvalue weighted by atomic mass is 9.97. The van der Waals surface area contributed by atoms with Gasteiger partial charge in [-0.2, -0.15) is 0 Å². The molecule has 1 saturated heterocycles. The molecule has 1 aromatic carbocycles. The highest BCUT2D eigenvalue weighted by Crippen LogP contribution is 2.40. The molecule has 3 heterocycles. The van der Waals surface area contributed by atoms with E-state index in [1.165, 1.54) is 17.5 Å². The summed E-state index contributed by atoms with van der Waals surface area (Å²) < 4.78 is 47.9. The van der Waals surface area contributed by atoms with Gasteiger partial charge in [0.25, 0.3) is 0 Å². The van der Waals surface area contributed by atoms with Crippen LogP contribution in [0, 0.1) is 17.5 Å². The van der Waals surface area contributed by atoms with Gasteiger partial charge in [0, 0.05) is 10.9 Å². The van der Waals surface area contributed by atoms with Gasteiger partial charge >= 0.3 is 0 Å². The third kappa shape index (κ3) is 4.46. The minimum Gasteiger partial charge on any atom is -0.394 e. The first-order valence-corrected chi connectivity index (χ1v) is 11.0. The van der Waals surface area contributed by atoms with E-state index in [0.29, 0.717) is 5.02 Å². The molecule has 0 saturated carbocycles. The second-order valence-electron chi connectivity index (χ2n) is 6.74. The first-order valence-electron chi connectivity index (χ1n) is 8.88. The van der Waals surface area contributed by atoms with Gasteiger partial charge in [0.1, 0.15) is 35.5 Å². The van der Waals surface area contributed by atoms with E-state index in [9.17, 15) is 28.5 Å². The fourth-order valence-corrected chi connectivity index (χ4v) is 5.64. The number of nitrogens with zero attached hydrogens (tertiary/aromatic N) is 3. The van der Waals surface area contributed by atoms with Crippen molar-refractivity contribution < 1.29 is 33.2 Å². The quantitative estimate of drug-likeness (QED) is 0.470. The van der Waals surface area contributed by atoms with Gasteiger partial charge < -0.3 is 20.1 Å². The second kappa shape index (κ2) is 9.06. The first-order chi connectivity index (χ1) is 14.8. The van der Waals surface area contributed by atoms with Crippen molar-refractivity contribution in [3.8, 4) is 11.3 Å². The molecule has 4 rings (SSSR count). The number of aromatic nitrogens is 3. The Labute approximate surface area is 187 Å². The Kier molecular flexibility index (Phi) is 6.58. The Bertz CT molecular complexity index is 1060. The zero-order chi connectivity index (χ0) is 22.3. The summed E-state index contributed by atoms with van der Waals surface area (Å²) in [6, 6.07) is 2.13. The van der Waals surface area contributed by atoms with E-state index in [1.54, 1.807) is 11.4 Å². The molecular formula is C18H15ClF3N3O4S2. The zero-order valence-corrected chi connectivity index (χ0v) is 17.8. The Morgan fingerprint density at radius 3 is 2.48 bits per heavy atom. The van der Waals surface area contributed by atoms with Crippen LogP contribution in [0.5, 0.6) is 0 Å². The minimum absolute atomic E-state index is 0.00141. The summed E-state index contributed by atoms with van der Waals surface area (Å²) in [6.07, 6.45) is -2.43. The highest BCUT2D eigenvalue weighted by Gasteiger charge is 2.46. The normalized spacial score (nSPS) is 26.4. The molecule has 7 nitrogen and oxygen atoms in total. The number of thiophene rings is 1. The zero-order valence-electron chi connectivity index (χ0n) is 15.4. The molecule has 13 heteroatoms. The smallest absolute Gasteiger partial charge is 0.194 e.